The number of rotatable bonds is 9. The van der Waals surface area contributed by atoms with E-state index in [1.807, 2.05) is 0 Å². The molecule has 1 heterocycles. The minimum atomic E-state index is 0.976. The second-order valence-corrected chi connectivity index (χ2v) is 5.97. The fourth-order valence-corrected chi connectivity index (χ4v) is 3.01. The monoisotopic (exact) mass is 289 g/mol. The van der Waals surface area contributed by atoms with E-state index in [1.54, 1.807) is 0 Å². The number of anilines is 1. The van der Waals surface area contributed by atoms with E-state index < -0.39 is 0 Å². The van der Waals surface area contributed by atoms with Crippen LogP contribution in [0.4, 0.5) is 5.69 Å². The van der Waals surface area contributed by atoms with Crippen LogP contribution in [0.2, 0.25) is 0 Å². The highest BCUT2D eigenvalue weighted by atomic mass is 15.1. The molecular formula is C18H31N3. The van der Waals surface area contributed by atoms with Crippen molar-refractivity contribution >= 4 is 5.69 Å². The molecule has 0 aromatic heterocycles. The largest absolute Gasteiger partial charge is 0.372 e. The highest BCUT2D eigenvalue weighted by Gasteiger charge is 2.11. The normalized spacial score (nSPS) is 15.1. The summed E-state index contributed by atoms with van der Waals surface area (Å²) in [7, 11) is 0. The Kier molecular flexibility index (Phi) is 7.04. The Balaban J connectivity index is 1.68. The van der Waals surface area contributed by atoms with Crippen LogP contribution in [0.5, 0.6) is 0 Å². The molecule has 1 fully saturated rings. The van der Waals surface area contributed by atoms with E-state index in [9.17, 15) is 0 Å². The van der Waals surface area contributed by atoms with E-state index in [0.717, 1.165) is 26.2 Å². The van der Waals surface area contributed by atoms with E-state index in [2.05, 4.69) is 53.2 Å². The zero-order valence-electron chi connectivity index (χ0n) is 13.8. The molecule has 1 aromatic rings. The summed E-state index contributed by atoms with van der Waals surface area (Å²) in [5.41, 5.74) is 2.77. The zero-order valence-corrected chi connectivity index (χ0v) is 13.8. The quantitative estimate of drug-likeness (QED) is 0.705. The van der Waals surface area contributed by atoms with Crippen molar-refractivity contribution in [3.05, 3.63) is 29.8 Å². The Hall–Kier alpha value is -1.06. The summed E-state index contributed by atoms with van der Waals surface area (Å²) >= 11 is 0. The van der Waals surface area contributed by atoms with Crippen LogP contribution in [0.1, 0.15) is 38.7 Å². The van der Waals surface area contributed by atoms with Crippen molar-refractivity contribution in [2.75, 3.05) is 44.2 Å². The number of likely N-dealkylation sites (N-methyl/N-ethyl adjacent to an activating group) is 1. The van der Waals surface area contributed by atoms with Crippen LogP contribution in [-0.2, 0) is 6.54 Å². The van der Waals surface area contributed by atoms with Gasteiger partial charge in [0.15, 0.2) is 0 Å². The molecule has 21 heavy (non-hydrogen) atoms. The molecule has 0 saturated carbocycles. The third-order valence-electron chi connectivity index (χ3n) is 4.33. The zero-order chi connectivity index (χ0) is 14.9. The summed E-state index contributed by atoms with van der Waals surface area (Å²) in [5.74, 6) is 0. The minimum Gasteiger partial charge on any atom is -0.372 e. The second kappa shape index (κ2) is 9.06. The van der Waals surface area contributed by atoms with Gasteiger partial charge in [0.1, 0.15) is 0 Å². The maximum Gasteiger partial charge on any atom is 0.0366 e. The maximum absolute atomic E-state index is 3.56. The molecule has 0 amide bonds. The molecule has 0 radical (unpaired) electrons. The van der Waals surface area contributed by atoms with Gasteiger partial charge in [0, 0.05) is 38.4 Å². The van der Waals surface area contributed by atoms with Crippen LogP contribution in [0.25, 0.3) is 0 Å². The summed E-state index contributed by atoms with van der Waals surface area (Å²) in [6.45, 7) is 12.5. The lowest BCUT2D eigenvalue weighted by atomic mass is 10.2. The molecule has 1 N–H and O–H groups in total. The standard InChI is InChI=1S/C18H31N3/c1-3-12-20(4-2)15-11-19-16-17-7-9-18(10-8-17)21-13-5-6-14-21/h7-10,19H,3-6,11-16H2,1-2H3. The summed E-state index contributed by atoms with van der Waals surface area (Å²) in [6, 6.07) is 9.09. The van der Waals surface area contributed by atoms with Crippen molar-refractivity contribution in [1.29, 1.82) is 0 Å². The van der Waals surface area contributed by atoms with Crippen LogP contribution < -0.4 is 10.2 Å². The Morgan fingerprint density at radius 1 is 1.05 bits per heavy atom. The summed E-state index contributed by atoms with van der Waals surface area (Å²) in [6.07, 6.45) is 3.93. The lowest BCUT2D eigenvalue weighted by molar-refractivity contribution is 0.287. The molecule has 2 rings (SSSR count). The number of hydrogen-bond acceptors (Lipinski definition) is 3. The van der Waals surface area contributed by atoms with Crippen LogP contribution in [-0.4, -0.2) is 44.2 Å². The first-order valence-electron chi connectivity index (χ1n) is 8.60. The van der Waals surface area contributed by atoms with E-state index in [1.165, 1.54) is 50.1 Å². The van der Waals surface area contributed by atoms with Crippen molar-refractivity contribution in [2.24, 2.45) is 0 Å². The predicted octanol–water partition coefficient (Wildman–Crippen LogP) is 3.11. The van der Waals surface area contributed by atoms with Crippen molar-refractivity contribution in [2.45, 2.75) is 39.7 Å². The van der Waals surface area contributed by atoms with Gasteiger partial charge in [-0.15, -0.1) is 0 Å². The third-order valence-corrected chi connectivity index (χ3v) is 4.33. The Labute approximate surface area is 130 Å². The molecule has 3 nitrogen and oxygen atoms in total. The Morgan fingerprint density at radius 2 is 1.76 bits per heavy atom. The molecule has 1 saturated heterocycles. The molecule has 0 bridgehead atoms. The lowest BCUT2D eigenvalue weighted by Crippen LogP contribution is -2.32. The van der Waals surface area contributed by atoms with Crippen molar-refractivity contribution in [3.63, 3.8) is 0 Å². The van der Waals surface area contributed by atoms with E-state index in [4.69, 9.17) is 0 Å². The molecule has 0 unspecified atom stereocenters. The molecule has 1 aromatic carbocycles. The van der Waals surface area contributed by atoms with Gasteiger partial charge in [-0.05, 0) is 50.0 Å². The van der Waals surface area contributed by atoms with Gasteiger partial charge in [-0.3, -0.25) is 0 Å². The average molecular weight is 289 g/mol. The first kappa shape index (κ1) is 16.3. The van der Waals surface area contributed by atoms with Crippen LogP contribution in [0.3, 0.4) is 0 Å². The van der Waals surface area contributed by atoms with Gasteiger partial charge in [-0.2, -0.15) is 0 Å². The fourth-order valence-electron chi connectivity index (χ4n) is 3.01. The highest BCUT2D eigenvalue weighted by Crippen LogP contribution is 2.20. The smallest absolute Gasteiger partial charge is 0.0366 e. The lowest BCUT2D eigenvalue weighted by Gasteiger charge is -2.20. The fraction of sp³-hybridized carbons (Fsp3) is 0.667. The Bertz CT molecular complexity index is 382. The van der Waals surface area contributed by atoms with Gasteiger partial charge in [-0.1, -0.05) is 26.0 Å². The van der Waals surface area contributed by atoms with E-state index in [-0.39, 0.29) is 0 Å². The first-order valence-corrected chi connectivity index (χ1v) is 8.60. The topological polar surface area (TPSA) is 18.5 Å². The average Bonchev–Trinajstić information content (AvgIpc) is 3.05. The van der Waals surface area contributed by atoms with Crippen LogP contribution in [0.15, 0.2) is 24.3 Å². The number of benzene rings is 1. The molecule has 0 atom stereocenters. The number of hydrogen-bond donors (Lipinski definition) is 1. The van der Waals surface area contributed by atoms with Crippen LogP contribution in [0, 0.1) is 0 Å². The van der Waals surface area contributed by atoms with Gasteiger partial charge < -0.3 is 15.1 Å². The van der Waals surface area contributed by atoms with Gasteiger partial charge in [0.05, 0.1) is 0 Å². The number of nitrogens with zero attached hydrogens (tertiary/aromatic N) is 2. The van der Waals surface area contributed by atoms with Crippen molar-refractivity contribution in [1.82, 2.24) is 10.2 Å². The minimum absolute atomic E-state index is 0.976. The van der Waals surface area contributed by atoms with Gasteiger partial charge in [0.2, 0.25) is 0 Å². The summed E-state index contributed by atoms with van der Waals surface area (Å²) in [4.78, 5) is 4.99. The van der Waals surface area contributed by atoms with Gasteiger partial charge in [-0.25, -0.2) is 0 Å². The predicted molar refractivity (Wildman–Crippen MR) is 92.0 cm³/mol. The molecule has 1 aliphatic heterocycles. The Morgan fingerprint density at radius 3 is 2.38 bits per heavy atom. The van der Waals surface area contributed by atoms with Crippen LogP contribution >= 0.6 is 0 Å². The van der Waals surface area contributed by atoms with E-state index in [0.29, 0.717) is 0 Å². The summed E-state index contributed by atoms with van der Waals surface area (Å²) < 4.78 is 0. The first-order chi connectivity index (χ1) is 10.3. The van der Waals surface area contributed by atoms with Crippen molar-refractivity contribution in [3.8, 4) is 0 Å². The molecule has 1 aliphatic rings. The van der Waals surface area contributed by atoms with Crippen molar-refractivity contribution < 1.29 is 0 Å². The molecule has 118 valence electrons. The van der Waals surface area contributed by atoms with Gasteiger partial charge >= 0.3 is 0 Å². The number of nitrogens with one attached hydrogen (secondary N) is 1. The molecule has 0 aliphatic carbocycles. The maximum atomic E-state index is 3.56. The van der Waals surface area contributed by atoms with Gasteiger partial charge in [0.25, 0.3) is 0 Å². The van der Waals surface area contributed by atoms with E-state index >= 15 is 0 Å². The SMILES string of the molecule is CCCN(CC)CCNCc1ccc(N2CCCC2)cc1. The summed E-state index contributed by atoms with van der Waals surface area (Å²) in [5, 5.41) is 3.56. The second-order valence-electron chi connectivity index (χ2n) is 5.97. The molecule has 0 spiro atoms. The highest BCUT2D eigenvalue weighted by molar-refractivity contribution is 5.48. The molecular weight excluding hydrogens is 258 g/mol. The third kappa shape index (κ3) is 5.33. The molecule has 3 heteroatoms.